The molecule has 14 heavy (non-hydrogen) atoms. The summed E-state index contributed by atoms with van der Waals surface area (Å²) in [5.74, 6) is 7.53. The zero-order chi connectivity index (χ0) is 9.64. The van der Waals surface area contributed by atoms with E-state index in [1.807, 2.05) is 0 Å². The minimum absolute atomic E-state index is 0.970. The van der Waals surface area contributed by atoms with E-state index in [1.54, 1.807) is 0 Å². The molecular weight excluding hydrogens is 210 g/mol. The maximum absolute atomic E-state index is 3.67. The lowest BCUT2D eigenvalue weighted by atomic mass is 10.0. The number of rotatable bonds is 4. The van der Waals surface area contributed by atoms with Crippen molar-refractivity contribution in [1.82, 2.24) is 5.32 Å². The van der Waals surface area contributed by atoms with E-state index in [0.29, 0.717) is 0 Å². The minimum Gasteiger partial charge on any atom is -0.316 e. The summed E-state index contributed by atoms with van der Waals surface area (Å²) in [6.07, 6.45) is 4.33. The molecule has 2 rings (SSSR count). The summed E-state index contributed by atoms with van der Waals surface area (Å²) in [4.78, 5) is 0. The Kier molecular flexibility index (Phi) is 5.01. The Hall–Kier alpha value is 0.660. The van der Waals surface area contributed by atoms with Crippen LogP contribution in [0.3, 0.4) is 0 Å². The Bertz CT molecular complexity index is 151. The summed E-state index contributed by atoms with van der Waals surface area (Å²) >= 11 is 4.25. The molecule has 2 aliphatic rings. The largest absolute Gasteiger partial charge is 0.316 e. The molecule has 1 nitrogen and oxygen atoms in total. The van der Waals surface area contributed by atoms with Crippen molar-refractivity contribution < 1.29 is 0 Å². The van der Waals surface area contributed by atoms with Crippen LogP contribution in [0.25, 0.3) is 0 Å². The van der Waals surface area contributed by atoms with Crippen LogP contribution in [0.15, 0.2) is 0 Å². The van der Waals surface area contributed by atoms with Crippen molar-refractivity contribution in [3.63, 3.8) is 0 Å². The molecule has 0 aliphatic carbocycles. The summed E-state index contributed by atoms with van der Waals surface area (Å²) in [6.45, 7) is 2.55. The second kappa shape index (κ2) is 6.29. The molecule has 0 amide bonds. The quantitative estimate of drug-likeness (QED) is 0.798. The highest BCUT2D eigenvalue weighted by molar-refractivity contribution is 7.99. The zero-order valence-electron chi connectivity index (χ0n) is 8.84. The van der Waals surface area contributed by atoms with Gasteiger partial charge < -0.3 is 5.32 Å². The van der Waals surface area contributed by atoms with Gasteiger partial charge in [0.25, 0.3) is 0 Å². The van der Waals surface area contributed by atoms with Crippen molar-refractivity contribution >= 4 is 23.5 Å². The van der Waals surface area contributed by atoms with Crippen LogP contribution in [0.5, 0.6) is 0 Å². The van der Waals surface area contributed by atoms with E-state index in [-0.39, 0.29) is 0 Å². The van der Waals surface area contributed by atoms with Crippen LogP contribution in [0.2, 0.25) is 0 Å². The topological polar surface area (TPSA) is 12.0 Å². The predicted molar refractivity (Wildman–Crippen MR) is 68.4 cm³/mol. The fourth-order valence-electron chi connectivity index (χ4n) is 2.19. The van der Waals surface area contributed by atoms with Crippen molar-refractivity contribution in [3.05, 3.63) is 0 Å². The third-order valence-corrected chi connectivity index (χ3v) is 5.51. The van der Waals surface area contributed by atoms with Gasteiger partial charge in [-0.2, -0.15) is 23.5 Å². The summed E-state index contributed by atoms with van der Waals surface area (Å²) in [5, 5.41) is 3.67. The lowest BCUT2D eigenvalue weighted by molar-refractivity contribution is 0.422. The van der Waals surface area contributed by atoms with Crippen LogP contribution in [0, 0.1) is 11.8 Å². The smallest absolute Gasteiger partial charge is 0.00122 e. The number of thioether (sulfide) groups is 2. The van der Waals surface area contributed by atoms with Gasteiger partial charge in [-0.1, -0.05) is 0 Å². The van der Waals surface area contributed by atoms with Crippen molar-refractivity contribution in [3.8, 4) is 0 Å². The van der Waals surface area contributed by atoms with Crippen LogP contribution < -0.4 is 5.32 Å². The highest BCUT2D eigenvalue weighted by atomic mass is 32.2. The van der Waals surface area contributed by atoms with E-state index in [2.05, 4.69) is 28.8 Å². The monoisotopic (exact) mass is 231 g/mol. The van der Waals surface area contributed by atoms with Crippen LogP contribution in [-0.4, -0.2) is 36.1 Å². The molecule has 0 aromatic carbocycles. The molecule has 2 heterocycles. The number of hydrogen-bond donors (Lipinski definition) is 1. The molecule has 3 heteroatoms. The molecular formula is C11H21NS2. The Morgan fingerprint density at radius 1 is 0.857 bits per heavy atom. The predicted octanol–water partition coefficient (Wildman–Crippen LogP) is 2.47. The molecule has 82 valence electrons. The third-order valence-electron chi connectivity index (χ3n) is 3.23. The first-order valence-corrected chi connectivity index (χ1v) is 8.12. The van der Waals surface area contributed by atoms with Gasteiger partial charge in [0.2, 0.25) is 0 Å². The van der Waals surface area contributed by atoms with Crippen LogP contribution >= 0.6 is 23.5 Å². The van der Waals surface area contributed by atoms with Gasteiger partial charge in [-0.25, -0.2) is 0 Å². The van der Waals surface area contributed by atoms with Crippen LogP contribution in [0.4, 0.5) is 0 Å². The maximum atomic E-state index is 3.67. The molecule has 0 aromatic heterocycles. The SMILES string of the molecule is C1CC(CNCC2CCSC2)CCS1. The van der Waals surface area contributed by atoms with Crippen molar-refractivity contribution in [2.75, 3.05) is 36.1 Å². The van der Waals surface area contributed by atoms with Gasteiger partial charge in [-0.3, -0.25) is 0 Å². The standard InChI is InChI=1S/C11H21NS2/c1-4-13-5-2-10(1)7-12-8-11-3-6-14-9-11/h10-12H,1-9H2. The fraction of sp³-hybridized carbons (Fsp3) is 1.00. The van der Waals surface area contributed by atoms with Gasteiger partial charge in [0, 0.05) is 0 Å². The van der Waals surface area contributed by atoms with E-state index >= 15 is 0 Å². The van der Waals surface area contributed by atoms with Crippen molar-refractivity contribution in [2.24, 2.45) is 11.8 Å². The van der Waals surface area contributed by atoms with E-state index in [4.69, 9.17) is 0 Å². The van der Waals surface area contributed by atoms with E-state index in [0.717, 1.165) is 11.8 Å². The van der Waals surface area contributed by atoms with Gasteiger partial charge in [-0.05, 0) is 67.2 Å². The second-order valence-electron chi connectivity index (χ2n) is 4.44. The fourth-order valence-corrected chi connectivity index (χ4v) is 4.68. The molecule has 2 fully saturated rings. The first kappa shape index (κ1) is 11.2. The minimum atomic E-state index is 0.970. The Labute approximate surface area is 96.2 Å². The molecule has 1 unspecified atom stereocenters. The van der Waals surface area contributed by atoms with E-state index in [9.17, 15) is 0 Å². The first-order chi connectivity index (χ1) is 6.95. The summed E-state index contributed by atoms with van der Waals surface area (Å²) < 4.78 is 0. The molecule has 0 bridgehead atoms. The Morgan fingerprint density at radius 2 is 1.50 bits per heavy atom. The van der Waals surface area contributed by atoms with Crippen LogP contribution in [0.1, 0.15) is 19.3 Å². The van der Waals surface area contributed by atoms with Gasteiger partial charge in [0.15, 0.2) is 0 Å². The summed E-state index contributed by atoms with van der Waals surface area (Å²) in [5.41, 5.74) is 0. The molecule has 2 saturated heterocycles. The van der Waals surface area contributed by atoms with E-state index < -0.39 is 0 Å². The normalized spacial score (nSPS) is 29.6. The van der Waals surface area contributed by atoms with E-state index in [1.165, 1.54) is 55.4 Å². The highest BCUT2D eigenvalue weighted by Gasteiger charge is 2.17. The molecule has 1 atom stereocenters. The van der Waals surface area contributed by atoms with Gasteiger partial charge in [0.05, 0.1) is 0 Å². The maximum Gasteiger partial charge on any atom is -0.00122 e. The Balaban J connectivity index is 1.52. The molecule has 0 aromatic rings. The van der Waals surface area contributed by atoms with Gasteiger partial charge in [-0.15, -0.1) is 0 Å². The summed E-state index contributed by atoms with van der Waals surface area (Å²) in [6, 6.07) is 0. The number of nitrogens with one attached hydrogen (secondary N) is 1. The second-order valence-corrected chi connectivity index (χ2v) is 6.82. The zero-order valence-corrected chi connectivity index (χ0v) is 10.5. The Morgan fingerprint density at radius 3 is 2.21 bits per heavy atom. The average Bonchev–Trinajstić information content (AvgIpc) is 2.72. The van der Waals surface area contributed by atoms with Crippen molar-refractivity contribution in [1.29, 1.82) is 0 Å². The summed E-state index contributed by atoms with van der Waals surface area (Å²) in [7, 11) is 0. The molecule has 0 spiro atoms. The van der Waals surface area contributed by atoms with Gasteiger partial charge in [0.1, 0.15) is 0 Å². The lowest BCUT2D eigenvalue weighted by Gasteiger charge is -2.22. The first-order valence-electron chi connectivity index (χ1n) is 5.81. The number of hydrogen-bond acceptors (Lipinski definition) is 3. The third kappa shape index (κ3) is 3.67. The lowest BCUT2D eigenvalue weighted by Crippen LogP contribution is -2.29. The molecule has 0 radical (unpaired) electrons. The van der Waals surface area contributed by atoms with Crippen molar-refractivity contribution in [2.45, 2.75) is 19.3 Å². The molecule has 2 aliphatic heterocycles. The van der Waals surface area contributed by atoms with Crippen LogP contribution in [-0.2, 0) is 0 Å². The molecule has 1 N–H and O–H groups in total. The van der Waals surface area contributed by atoms with Gasteiger partial charge >= 0.3 is 0 Å². The highest BCUT2D eigenvalue weighted by Crippen LogP contribution is 2.24. The molecule has 0 saturated carbocycles. The average molecular weight is 231 g/mol.